The van der Waals surface area contributed by atoms with Gasteiger partial charge in [0.1, 0.15) is 11.2 Å². The minimum atomic E-state index is -0.728. The summed E-state index contributed by atoms with van der Waals surface area (Å²) in [5, 5.41) is 0. The second-order valence-corrected chi connectivity index (χ2v) is 8.77. The van der Waals surface area contributed by atoms with Gasteiger partial charge in [0.15, 0.2) is 0 Å². The fourth-order valence-electron chi connectivity index (χ4n) is 1.73. The first-order chi connectivity index (χ1) is 11.4. The van der Waals surface area contributed by atoms with Crippen LogP contribution in [0.3, 0.4) is 0 Å². The smallest absolute Gasteiger partial charge is 0.420 e. The Morgan fingerprint density at radius 2 is 1.40 bits per heavy atom. The van der Waals surface area contributed by atoms with Crippen molar-refractivity contribution in [3.05, 3.63) is 39.5 Å². The van der Waals surface area contributed by atoms with Gasteiger partial charge in [-0.15, -0.1) is 0 Å². The molecule has 0 spiro atoms. The molecule has 0 aliphatic rings. The van der Waals surface area contributed by atoms with Gasteiger partial charge < -0.3 is 9.47 Å². The molecule has 1 aromatic rings. The Morgan fingerprint density at radius 3 is 1.80 bits per heavy atom. The van der Waals surface area contributed by atoms with Crippen LogP contribution in [-0.2, 0) is 9.47 Å². The maximum absolute atomic E-state index is 12.3. The largest absolute Gasteiger partial charge is 0.443 e. The number of ether oxygens (including phenoxy) is 2. The lowest BCUT2D eigenvalue weighted by atomic mass is 10.2. The molecule has 0 aliphatic heterocycles. The van der Waals surface area contributed by atoms with Gasteiger partial charge in [0.2, 0.25) is 0 Å². The van der Waals surface area contributed by atoms with Gasteiger partial charge in [0, 0.05) is 3.57 Å². The van der Waals surface area contributed by atoms with Crippen LogP contribution in [0.2, 0.25) is 0 Å². The van der Waals surface area contributed by atoms with E-state index in [0.717, 1.165) is 14.0 Å². The minimum absolute atomic E-state index is 0.0653. The van der Waals surface area contributed by atoms with Crippen LogP contribution in [-0.4, -0.2) is 34.8 Å². The first-order valence-corrected chi connectivity index (χ1v) is 9.11. The minimum Gasteiger partial charge on any atom is -0.443 e. The molecule has 0 saturated carbocycles. The van der Waals surface area contributed by atoms with Crippen molar-refractivity contribution in [3.63, 3.8) is 0 Å². The van der Waals surface area contributed by atoms with Gasteiger partial charge >= 0.3 is 12.2 Å². The average molecular weight is 459 g/mol. The molecule has 0 atom stereocenters. The van der Waals surface area contributed by atoms with Crippen molar-refractivity contribution in [2.24, 2.45) is 0 Å². The Bertz CT molecular complexity index is 596. The standard InChI is InChI=1S/C19H26INO4/c1-18(2,3)24-16(22)21(17(23)25-19(4,5)6)13-7-8-14-9-11-15(20)12-10-14/h7-12H,13H2,1-6H3/b8-7+. The first kappa shape index (κ1) is 21.5. The Morgan fingerprint density at radius 1 is 0.960 bits per heavy atom. The number of hydrogen-bond acceptors (Lipinski definition) is 4. The number of carbonyl (C=O) groups is 2. The molecule has 0 heterocycles. The Hall–Kier alpha value is -1.57. The average Bonchev–Trinajstić information content (AvgIpc) is 2.41. The summed E-state index contributed by atoms with van der Waals surface area (Å²) in [6, 6.07) is 7.90. The monoisotopic (exact) mass is 459 g/mol. The zero-order chi connectivity index (χ0) is 19.3. The maximum atomic E-state index is 12.3. The highest BCUT2D eigenvalue weighted by atomic mass is 127. The van der Waals surface area contributed by atoms with Crippen molar-refractivity contribution in [1.29, 1.82) is 0 Å². The molecule has 0 unspecified atom stereocenters. The highest BCUT2D eigenvalue weighted by Gasteiger charge is 2.30. The fraction of sp³-hybridized carbons (Fsp3) is 0.474. The van der Waals surface area contributed by atoms with Crippen LogP contribution in [0.1, 0.15) is 47.1 Å². The lowest BCUT2D eigenvalue weighted by Crippen LogP contribution is -2.43. The topological polar surface area (TPSA) is 55.8 Å². The van der Waals surface area contributed by atoms with E-state index in [1.165, 1.54) is 0 Å². The predicted molar refractivity (Wildman–Crippen MR) is 107 cm³/mol. The van der Waals surface area contributed by atoms with Crippen LogP contribution in [0.15, 0.2) is 30.3 Å². The summed E-state index contributed by atoms with van der Waals surface area (Å²) in [6.45, 7) is 10.6. The molecule has 0 bridgehead atoms. The summed E-state index contributed by atoms with van der Waals surface area (Å²) in [6.07, 6.45) is 2.12. The molecule has 25 heavy (non-hydrogen) atoms. The molecule has 0 aliphatic carbocycles. The molecule has 1 rings (SSSR count). The number of carbonyl (C=O) groups excluding carboxylic acids is 2. The molecular formula is C19H26INO4. The number of rotatable bonds is 3. The molecule has 2 amide bonds. The molecule has 6 heteroatoms. The highest BCUT2D eigenvalue weighted by molar-refractivity contribution is 14.1. The van der Waals surface area contributed by atoms with Gasteiger partial charge in [-0.05, 0) is 81.8 Å². The molecule has 0 N–H and O–H groups in total. The van der Waals surface area contributed by atoms with E-state index in [2.05, 4.69) is 22.6 Å². The lowest BCUT2D eigenvalue weighted by molar-refractivity contribution is 0.00377. The van der Waals surface area contributed by atoms with Crippen LogP contribution in [0.4, 0.5) is 9.59 Å². The van der Waals surface area contributed by atoms with Crippen molar-refractivity contribution in [2.75, 3.05) is 6.54 Å². The van der Waals surface area contributed by atoms with Crippen molar-refractivity contribution >= 4 is 40.9 Å². The molecular weight excluding hydrogens is 433 g/mol. The van der Waals surface area contributed by atoms with Crippen LogP contribution >= 0.6 is 22.6 Å². The van der Waals surface area contributed by atoms with Gasteiger partial charge in [-0.1, -0.05) is 24.3 Å². The summed E-state index contributed by atoms with van der Waals surface area (Å²) in [5.74, 6) is 0. The number of benzene rings is 1. The van der Waals surface area contributed by atoms with Crippen molar-refractivity contribution in [1.82, 2.24) is 4.90 Å². The van der Waals surface area contributed by atoms with E-state index in [4.69, 9.17) is 9.47 Å². The molecule has 1 aromatic carbocycles. The lowest BCUT2D eigenvalue weighted by Gasteiger charge is -2.28. The van der Waals surface area contributed by atoms with E-state index >= 15 is 0 Å². The Labute approximate surface area is 163 Å². The van der Waals surface area contributed by atoms with E-state index < -0.39 is 23.4 Å². The fourth-order valence-corrected chi connectivity index (χ4v) is 2.09. The van der Waals surface area contributed by atoms with E-state index in [1.54, 1.807) is 47.6 Å². The van der Waals surface area contributed by atoms with Gasteiger partial charge in [-0.2, -0.15) is 0 Å². The third-order valence-corrected chi connectivity index (χ3v) is 3.42. The molecule has 0 saturated heterocycles. The number of imide groups is 1. The SMILES string of the molecule is CC(C)(C)OC(=O)N(C/C=C/c1ccc(I)cc1)C(=O)OC(C)(C)C. The number of amides is 2. The summed E-state index contributed by atoms with van der Waals surface area (Å²) in [7, 11) is 0. The predicted octanol–water partition coefficient (Wildman–Crippen LogP) is 5.48. The number of hydrogen-bond donors (Lipinski definition) is 0. The van der Waals surface area contributed by atoms with E-state index in [1.807, 2.05) is 30.3 Å². The van der Waals surface area contributed by atoms with Crippen LogP contribution in [0.5, 0.6) is 0 Å². The second-order valence-electron chi connectivity index (χ2n) is 7.53. The molecule has 5 nitrogen and oxygen atoms in total. The van der Waals surface area contributed by atoms with E-state index in [9.17, 15) is 9.59 Å². The third-order valence-electron chi connectivity index (χ3n) is 2.70. The second kappa shape index (κ2) is 8.69. The summed E-state index contributed by atoms with van der Waals surface area (Å²) < 4.78 is 11.7. The van der Waals surface area contributed by atoms with Crippen LogP contribution in [0.25, 0.3) is 6.08 Å². The summed E-state index contributed by atoms with van der Waals surface area (Å²) in [5.41, 5.74) is -0.414. The van der Waals surface area contributed by atoms with Gasteiger partial charge in [-0.3, -0.25) is 0 Å². The van der Waals surface area contributed by atoms with E-state index in [-0.39, 0.29) is 6.54 Å². The van der Waals surface area contributed by atoms with Gasteiger partial charge in [0.05, 0.1) is 6.54 Å². The van der Waals surface area contributed by atoms with Crippen molar-refractivity contribution in [2.45, 2.75) is 52.7 Å². The quantitative estimate of drug-likeness (QED) is 0.562. The Balaban J connectivity index is 2.88. The van der Waals surface area contributed by atoms with Crippen molar-refractivity contribution in [3.8, 4) is 0 Å². The summed E-state index contributed by atoms with van der Waals surface area (Å²) in [4.78, 5) is 25.6. The molecule has 0 aromatic heterocycles. The summed E-state index contributed by atoms with van der Waals surface area (Å²) >= 11 is 2.23. The van der Waals surface area contributed by atoms with E-state index in [0.29, 0.717) is 0 Å². The highest BCUT2D eigenvalue weighted by Crippen LogP contribution is 2.15. The first-order valence-electron chi connectivity index (χ1n) is 8.03. The normalized spacial score (nSPS) is 12.1. The zero-order valence-electron chi connectivity index (χ0n) is 15.6. The number of nitrogens with zero attached hydrogens (tertiary/aromatic N) is 1. The molecule has 0 fully saturated rings. The third kappa shape index (κ3) is 8.90. The van der Waals surface area contributed by atoms with Gasteiger partial charge in [-0.25, -0.2) is 14.5 Å². The number of halogens is 1. The molecule has 138 valence electrons. The van der Waals surface area contributed by atoms with Crippen LogP contribution in [0, 0.1) is 3.57 Å². The zero-order valence-corrected chi connectivity index (χ0v) is 17.8. The van der Waals surface area contributed by atoms with Crippen molar-refractivity contribution < 1.29 is 19.1 Å². The Kier molecular flexibility index (Phi) is 7.46. The van der Waals surface area contributed by atoms with Crippen LogP contribution < -0.4 is 0 Å². The maximum Gasteiger partial charge on any atom is 0.420 e. The van der Waals surface area contributed by atoms with Gasteiger partial charge in [0.25, 0.3) is 0 Å². The molecule has 0 radical (unpaired) electrons.